The average molecular weight is 294 g/mol. The number of carboxylic acids is 1. The first-order chi connectivity index (χ1) is 9.62. The lowest BCUT2D eigenvalue weighted by atomic mass is 10.0. The Labute approximate surface area is 122 Å². The van der Waals surface area contributed by atoms with Crippen LogP contribution in [-0.2, 0) is 11.2 Å². The topological polar surface area (TPSA) is 101 Å². The first-order valence-electron chi connectivity index (χ1n) is 6.41. The molecule has 1 amide bonds. The molecule has 0 atom stereocenters. The van der Waals surface area contributed by atoms with Gasteiger partial charge in [-0.15, -0.1) is 0 Å². The molecule has 0 spiro atoms. The number of carbonyl (C=O) groups excluding carboxylic acids is 1. The Morgan fingerprint density at radius 2 is 1.95 bits per heavy atom. The van der Waals surface area contributed by atoms with Crippen molar-refractivity contribution in [3.8, 4) is 0 Å². The van der Waals surface area contributed by atoms with E-state index in [1.54, 1.807) is 6.92 Å². The fraction of sp³-hybridized carbons (Fsp3) is 0.429. The van der Waals surface area contributed by atoms with Gasteiger partial charge >= 0.3 is 5.97 Å². The van der Waals surface area contributed by atoms with Gasteiger partial charge in [-0.05, 0) is 26.3 Å². The summed E-state index contributed by atoms with van der Waals surface area (Å²) in [5.41, 5.74) is -0.924. The molecular formula is C14H18N2O5. The summed E-state index contributed by atoms with van der Waals surface area (Å²) >= 11 is 0. The van der Waals surface area contributed by atoms with E-state index in [0.717, 1.165) is 4.90 Å². The Balaban J connectivity index is 3.23. The number of amides is 1. The summed E-state index contributed by atoms with van der Waals surface area (Å²) in [6, 6.07) is 4.19. The Kier molecular flexibility index (Phi) is 4.67. The molecule has 0 aliphatic heterocycles. The lowest BCUT2D eigenvalue weighted by Gasteiger charge is -2.31. The number of rotatable bonds is 5. The summed E-state index contributed by atoms with van der Waals surface area (Å²) in [7, 11) is 1.36. The van der Waals surface area contributed by atoms with E-state index < -0.39 is 22.3 Å². The van der Waals surface area contributed by atoms with E-state index in [9.17, 15) is 19.7 Å². The van der Waals surface area contributed by atoms with Crippen LogP contribution in [0.2, 0.25) is 0 Å². The van der Waals surface area contributed by atoms with Gasteiger partial charge in [0.2, 0.25) is 0 Å². The van der Waals surface area contributed by atoms with E-state index in [1.807, 2.05) is 0 Å². The minimum Gasteiger partial charge on any atom is -0.480 e. The second-order valence-electron chi connectivity index (χ2n) is 5.18. The van der Waals surface area contributed by atoms with Crippen molar-refractivity contribution in [1.82, 2.24) is 4.90 Å². The summed E-state index contributed by atoms with van der Waals surface area (Å²) in [6.07, 6.45) is 0.473. The van der Waals surface area contributed by atoms with E-state index in [1.165, 1.54) is 39.1 Å². The highest BCUT2D eigenvalue weighted by Crippen LogP contribution is 2.23. The maximum absolute atomic E-state index is 12.3. The quantitative estimate of drug-likeness (QED) is 0.662. The molecule has 114 valence electrons. The SMILES string of the molecule is CCc1ccc(C(=O)N(C)C(C)(C)C(=O)O)cc1[N+](=O)[O-]. The monoisotopic (exact) mass is 294 g/mol. The van der Waals surface area contributed by atoms with Crippen molar-refractivity contribution in [3.63, 3.8) is 0 Å². The number of nitro groups is 1. The molecule has 7 heteroatoms. The molecule has 0 aromatic heterocycles. The maximum atomic E-state index is 12.3. The molecule has 0 saturated carbocycles. The lowest BCUT2D eigenvalue weighted by molar-refractivity contribution is -0.385. The van der Waals surface area contributed by atoms with Crippen LogP contribution < -0.4 is 0 Å². The number of carboxylic acid groups (broad SMARTS) is 1. The second-order valence-corrected chi connectivity index (χ2v) is 5.18. The molecule has 0 radical (unpaired) electrons. The van der Waals surface area contributed by atoms with Crippen molar-refractivity contribution in [2.45, 2.75) is 32.7 Å². The fourth-order valence-corrected chi connectivity index (χ4v) is 1.76. The van der Waals surface area contributed by atoms with Gasteiger partial charge < -0.3 is 10.0 Å². The van der Waals surface area contributed by atoms with Crippen molar-refractivity contribution >= 4 is 17.6 Å². The zero-order valence-corrected chi connectivity index (χ0v) is 12.4. The standard InChI is InChI=1S/C14H18N2O5/c1-5-9-6-7-10(8-11(9)16(20)21)12(17)15(4)14(2,3)13(18)19/h6-8H,5H2,1-4H3,(H,18,19). The molecule has 21 heavy (non-hydrogen) atoms. The minimum atomic E-state index is -1.41. The summed E-state index contributed by atoms with van der Waals surface area (Å²) in [4.78, 5) is 35.0. The highest BCUT2D eigenvalue weighted by molar-refractivity contribution is 5.98. The summed E-state index contributed by atoms with van der Waals surface area (Å²) < 4.78 is 0. The number of benzene rings is 1. The van der Waals surface area contributed by atoms with Crippen LogP contribution in [-0.4, -0.2) is 39.4 Å². The van der Waals surface area contributed by atoms with E-state index in [-0.39, 0.29) is 11.3 Å². The van der Waals surface area contributed by atoms with Crippen LogP contribution in [0.3, 0.4) is 0 Å². The number of hydrogen-bond acceptors (Lipinski definition) is 4. The number of aryl methyl sites for hydroxylation is 1. The number of carbonyl (C=O) groups is 2. The van der Waals surface area contributed by atoms with Gasteiger partial charge in [-0.2, -0.15) is 0 Å². The van der Waals surface area contributed by atoms with Gasteiger partial charge in [-0.3, -0.25) is 14.9 Å². The average Bonchev–Trinajstić information content (AvgIpc) is 2.44. The Morgan fingerprint density at radius 1 is 1.38 bits per heavy atom. The van der Waals surface area contributed by atoms with Gasteiger partial charge in [0.25, 0.3) is 11.6 Å². The van der Waals surface area contributed by atoms with Crippen molar-refractivity contribution in [2.24, 2.45) is 0 Å². The zero-order valence-electron chi connectivity index (χ0n) is 12.4. The molecule has 0 heterocycles. The third-order valence-corrected chi connectivity index (χ3v) is 3.58. The smallest absolute Gasteiger partial charge is 0.329 e. The Hall–Kier alpha value is -2.44. The number of nitrogens with zero attached hydrogens (tertiary/aromatic N) is 2. The van der Waals surface area contributed by atoms with Crippen molar-refractivity contribution in [2.75, 3.05) is 7.05 Å². The molecular weight excluding hydrogens is 276 g/mol. The largest absolute Gasteiger partial charge is 0.480 e. The minimum absolute atomic E-state index is 0.0933. The number of nitro benzene ring substituents is 1. The zero-order chi connectivity index (χ0) is 16.4. The van der Waals surface area contributed by atoms with Gasteiger partial charge in [0, 0.05) is 24.2 Å². The van der Waals surface area contributed by atoms with E-state index in [2.05, 4.69) is 0 Å². The maximum Gasteiger partial charge on any atom is 0.329 e. The molecule has 0 bridgehead atoms. The van der Waals surface area contributed by atoms with E-state index in [4.69, 9.17) is 5.11 Å². The highest BCUT2D eigenvalue weighted by atomic mass is 16.6. The van der Waals surface area contributed by atoms with Crippen LogP contribution in [0.4, 0.5) is 5.69 Å². The highest BCUT2D eigenvalue weighted by Gasteiger charge is 2.36. The third-order valence-electron chi connectivity index (χ3n) is 3.58. The van der Waals surface area contributed by atoms with Crippen LogP contribution in [0.1, 0.15) is 36.7 Å². The van der Waals surface area contributed by atoms with Crippen LogP contribution in [0.5, 0.6) is 0 Å². The van der Waals surface area contributed by atoms with Crippen LogP contribution in [0.25, 0.3) is 0 Å². The van der Waals surface area contributed by atoms with Crippen molar-refractivity contribution in [1.29, 1.82) is 0 Å². The Bertz CT molecular complexity index is 595. The molecule has 1 N–H and O–H groups in total. The molecule has 0 aliphatic rings. The van der Waals surface area contributed by atoms with E-state index in [0.29, 0.717) is 12.0 Å². The third kappa shape index (κ3) is 3.18. The first-order valence-corrected chi connectivity index (χ1v) is 6.41. The number of likely N-dealkylation sites (N-methyl/N-ethyl adjacent to an activating group) is 1. The summed E-state index contributed by atoms with van der Waals surface area (Å²) in [5.74, 6) is -1.73. The predicted octanol–water partition coefficient (Wildman–Crippen LogP) is 2.09. The number of hydrogen-bond donors (Lipinski definition) is 1. The summed E-state index contributed by atoms with van der Waals surface area (Å²) in [6.45, 7) is 4.56. The predicted molar refractivity (Wildman–Crippen MR) is 76.3 cm³/mol. The molecule has 0 fully saturated rings. The molecule has 7 nitrogen and oxygen atoms in total. The second kappa shape index (κ2) is 5.90. The number of aliphatic carboxylic acids is 1. The molecule has 1 rings (SSSR count). The molecule has 0 unspecified atom stereocenters. The fourth-order valence-electron chi connectivity index (χ4n) is 1.76. The first kappa shape index (κ1) is 16.6. The lowest BCUT2D eigenvalue weighted by Crippen LogP contribution is -2.50. The normalized spacial score (nSPS) is 11.0. The van der Waals surface area contributed by atoms with Gasteiger partial charge in [0.05, 0.1) is 4.92 Å². The molecule has 1 aromatic carbocycles. The van der Waals surface area contributed by atoms with Crippen molar-refractivity contribution in [3.05, 3.63) is 39.4 Å². The van der Waals surface area contributed by atoms with Gasteiger partial charge in [-0.25, -0.2) is 4.79 Å². The van der Waals surface area contributed by atoms with Crippen molar-refractivity contribution < 1.29 is 19.6 Å². The van der Waals surface area contributed by atoms with Gasteiger partial charge in [0.1, 0.15) is 5.54 Å². The van der Waals surface area contributed by atoms with Gasteiger partial charge in [0.15, 0.2) is 0 Å². The molecule has 0 saturated heterocycles. The Morgan fingerprint density at radius 3 is 2.38 bits per heavy atom. The van der Waals surface area contributed by atoms with Gasteiger partial charge in [-0.1, -0.05) is 13.0 Å². The van der Waals surface area contributed by atoms with Crippen LogP contribution >= 0.6 is 0 Å². The molecule has 1 aromatic rings. The molecule has 0 aliphatic carbocycles. The summed E-state index contributed by atoms with van der Waals surface area (Å²) in [5, 5.41) is 20.1. The van der Waals surface area contributed by atoms with E-state index >= 15 is 0 Å². The van der Waals surface area contributed by atoms with Crippen LogP contribution in [0, 0.1) is 10.1 Å². The van der Waals surface area contributed by atoms with Crippen LogP contribution in [0.15, 0.2) is 18.2 Å².